The molecular formula is C9H12BBrClOS. The molecule has 0 aliphatic heterocycles. The van der Waals surface area contributed by atoms with Crippen LogP contribution in [0, 0.1) is 0 Å². The molecule has 1 rings (SSSR count). The third-order valence-electron chi connectivity index (χ3n) is 1.18. The summed E-state index contributed by atoms with van der Waals surface area (Å²) in [5, 5.41) is 9.40. The molecule has 1 N–H and O–H groups in total. The minimum atomic E-state index is 0. The molecule has 0 saturated heterocycles. The van der Waals surface area contributed by atoms with E-state index in [9.17, 15) is 0 Å². The molecule has 1 aromatic carbocycles. The third-order valence-corrected chi connectivity index (χ3v) is 2.19. The number of hydrogen-bond donors (Lipinski definition) is 1. The Bertz CT molecular complexity index is 261. The number of rotatable bonds is 1. The zero-order valence-corrected chi connectivity index (χ0v) is 11.3. The van der Waals surface area contributed by atoms with E-state index in [4.69, 9.17) is 16.7 Å². The minimum absolute atomic E-state index is 0. The summed E-state index contributed by atoms with van der Waals surface area (Å²) in [6.45, 7) is 0.0150. The topological polar surface area (TPSA) is 20.2 Å². The summed E-state index contributed by atoms with van der Waals surface area (Å²) in [6, 6.07) is 5.31. The Labute approximate surface area is 105 Å². The zero-order valence-electron chi connectivity index (χ0n) is 8.13. The van der Waals surface area contributed by atoms with E-state index in [0.717, 1.165) is 10.0 Å². The van der Waals surface area contributed by atoms with E-state index in [1.54, 1.807) is 23.9 Å². The molecule has 0 saturated carbocycles. The van der Waals surface area contributed by atoms with E-state index in [2.05, 4.69) is 15.9 Å². The van der Waals surface area contributed by atoms with Crippen molar-refractivity contribution in [3.05, 3.63) is 33.3 Å². The molecule has 5 heteroatoms. The zero-order chi connectivity index (χ0) is 10.3. The average molecular weight is 294 g/mol. The molecule has 0 unspecified atom stereocenters. The summed E-state index contributed by atoms with van der Waals surface area (Å²) >= 11 is 10.7. The largest absolute Gasteiger partial charge is 0.392 e. The van der Waals surface area contributed by atoms with Crippen LogP contribution in [0.2, 0.25) is 5.02 Å². The van der Waals surface area contributed by atoms with Crippen LogP contribution in [0.1, 0.15) is 5.56 Å². The number of aliphatic hydroxyl groups is 1. The van der Waals surface area contributed by atoms with Crippen molar-refractivity contribution >= 4 is 47.7 Å². The Morgan fingerprint density at radius 3 is 2.29 bits per heavy atom. The molecular weight excluding hydrogens is 282 g/mol. The van der Waals surface area contributed by atoms with Crippen LogP contribution in [0.15, 0.2) is 22.7 Å². The van der Waals surface area contributed by atoms with Crippen LogP contribution in [0.5, 0.6) is 0 Å². The summed E-state index contributed by atoms with van der Waals surface area (Å²) in [7, 11) is 0. The second kappa shape index (κ2) is 9.90. The van der Waals surface area contributed by atoms with Gasteiger partial charge in [0.1, 0.15) is 0 Å². The molecule has 77 valence electrons. The smallest absolute Gasteiger partial charge is 0.0693 e. The van der Waals surface area contributed by atoms with Gasteiger partial charge in [0.05, 0.1) is 6.61 Å². The van der Waals surface area contributed by atoms with E-state index < -0.39 is 0 Å². The lowest BCUT2D eigenvalue weighted by Crippen LogP contribution is -1.83. The van der Waals surface area contributed by atoms with Crippen molar-refractivity contribution in [2.45, 2.75) is 6.61 Å². The first-order valence-corrected chi connectivity index (χ1v) is 6.41. The molecule has 0 spiro atoms. The predicted molar refractivity (Wildman–Crippen MR) is 70.3 cm³/mol. The first-order chi connectivity index (χ1) is 6.15. The lowest BCUT2D eigenvalue weighted by molar-refractivity contribution is 0.281. The summed E-state index contributed by atoms with van der Waals surface area (Å²) in [4.78, 5) is 0. The van der Waals surface area contributed by atoms with Crippen LogP contribution in [-0.4, -0.2) is 26.0 Å². The van der Waals surface area contributed by atoms with Crippen LogP contribution in [0.25, 0.3) is 0 Å². The van der Waals surface area contributed by atoms with E-state index >= 15 is 0 Å². The highest BCUT2D eigenvalue weighted by Crippen LogP contribution is 2.20. The van der Waals surface area contributed by atoms with Gasteiger partial charge in [-0.15, -0.1) is 0 Å². The fourth-order valence-electron chi connectivity index (χ4n) is 0.664. The van der Waals surface area contributed by atoms with Gasteiger partial charge >= 0.3 is 0 Å². The molecule has 0 aromatic heterocycles. The SMILES string of the molecule is CSC.OCc1cc(Cl)ccc1Br.[B]. The van der Waals surface area contributed by atoms with Crippen molar-refractivity contribution in [3.8, 4) is 0 Å². The molecule has 0 heterocycles. The molecule has 0 amide bonds. The van der Waals surface area contributed by atoms with Gasteiger partial charge in [-0.05, 0) is 36.3 Å². The Morgan fingerprint density at radius 1 is 1.43 bits per heavy atom. The van der Waals surface area contributed by atoms with Crippen LogP contribution >= 0.6 is 39.3 Å². The van der Waals surface area contributed by atoms with Crippen molar-refractivity contribution < 1.29 is 5.11 Å². The molecule has 0 aliphatic rings. The molecule has 3 radical (unpaired) electrons. The predicted octanol–water partition coefficient (Wildman–Crippen LogP) is 3.19. The average Bonchev–Trinajstić information content (AvgIpc) is 2.10. The van der Waals surface area contributed by atoms with Gasteiger partial charge in [0.25, 0.3) is 0 Å². The van der Waals surface area contributed by atoms with Gasteiger partial charge in [-0.1, -0.05) is 27.5 Å². The van der Waals surface area contributed by atoms with Gasteiger partial charge in [-0.2, -0.15) is 11.8 Å². The maximum absolute atomic E-state index is 8.75. The number of halogens is 2. The fourth-order valence-corrected chi connectivity index (χ4v) is 1.23. The third kappa shape index (κ3) is 6.76. The monoisotopic (exact) mass is 293 g/mol. The van der Waals surface area contributed by atoms with Gasteiger partial charge in [0, 0.05) is 17.9 Å². The van der Waals surface area contributed by atoms with Crippen LogP contribution < -0.4 is 0 Å². The molecule has 14 heavy (non-hydrogen) atoms. The number of hydrogen-bond acceptors (Lipinski definition) is 2. The van der Waals surface area contributed by atoms with E-state index in [1.165, 1.54) is 0 Å². The number of aliphatic hydroxyl groups excluding tert-OH is 1. The normalized spacial score (nSPS) is 8.36. The lowest BCUT2D eigenvalue weighted by atomic mass is 10.2. The second-order valence-corrected chi connectivity index (χ2v) is 4.41. The summed E-state index contributed by atoms with van der Waals surface area (Å²) in [5.74, 6) is 0. The molecule has 0 fully saturated rings. The Kier molecular flexibility index (Phi) is 11.9. The van der Waals surface area contributed by atoms with Gasteiger partial charge in [0.2, 0.25) is 0 Å². The van der Waals surface area contributed by atoms with Crippen LogP contribution in [0.4, 0.5) is 0 Å². The van der Waals surface area contributed by atoms with Crippen LogP contribution in [0.3, 0.4) is 0 Å². The molecule has 0 bridgehead atoms. The summed E-state index contributed by atoms with van der Waals surface area (Å²) in [5.41, 5.74) is 0.813. The van der Waals surface area contributed by atoms with Crippen molar-refractivity contribution in [1.82, 2.24) is 0 Å². The summed E-state index contributed by atoms with van der Waals surface area (Å²) in [6.07, 6.45) is 4.08. The van der Waals surface area contributed by atoms with E-state index in [0.29, 0.717) is 5.02 Å². The first kappa shape index (κ1) is 16.8. The standard InChI is InChI=1S/C7H6BrClO.C2H6S.B/c8-7-2-1-6(9)3-5(7)4-10;1-3-2;/h1-3,10H,4H2;1-2H3;. The highest BCUT2D eigenvalue weighted by Gasteiger charge is 1.97. The van der Waals surface area contributed by atoms with Crippen molar-refractivity contribution in [1.29, 1.82) is 0 Å². The minimum Gasteiger partial charge on any atom is -0.392 e. The van der Waals surface area contributed by atoms with Crippen molar-refractivity contribution in [2.24, 2.45) is 0 Å². The first-order valence-electron chi connectivity index (χ1n) is 3.60. The summed E-state index contributed by atoms with van der Waals surface area (Å²) < 4.78 is 0.888. The Hall–Kier alpha value is 0.365. The van der Waals surface area contributed by atoms with Crippen molar-refractivity contribution in [2.75, 3.05) is 12.5 Å². The maximum atomic E-state index is 8.75. The highest BCUT2D eigenvalue weighted by molar-refractivity contribution is 9.10. The van der Waals surface area contributed by atoms with Gasteiger partial charge in [0.15, 0.2) is 0 Å². The van der Waals surface area contributed by atoms with E-state index in [-0.39, 0.29) is 15.0 Å². The highest BCUT2D eigenvalue weighted by atomic mass is 79.9. The number of benzene rings is 1. The fraction of sp³-hybridized carbons (Fsp3) is 0.333. The molecule has 0 aliphatic carbocycles. The van der Waals surface area contributed by atoms with Gasteiger partial charge in [-0.25, -0.2) is 0 Å². The number of thioether (sulfide) groups is 1. The van der Waals surface area contributed by atoms with Crippen LogP contribution in [-0.2, 0) is 6.61 Å². The Balaban J connectivity index is 0. The van der Waals surface area contributed by atoms with Gasteiger partial charge < -0.3 is 5.11 Å². The second-order valence-electron chi connectivity index (χ2n) is 2.30. The quantitative estimate of drug-likeness (QED) is 0.803. The molecule has 0 atom stereocenters. The van der Waals surface area contributed by atoms with E-state index in [1.807, 2.05) is 18.6 Å². The van der Waals surface area contributed by atoms with Crippen molar-refractivity contribution in [3.63, 3.8) is 0 Å². The lowest BCUT2D eigenvalue weighted by Gasteiger charge is -1.98. The Morgan fingerprint density at radius 2 is 1.93 bits per heavy atom. The maximum Gasteiger partial charge on any atom is 0.0693 e. The van der Waals surface area contributed by atoms with Gasteiger partial charge in [-0.3, -0.25) is 0 Å². The molecule has 1 nitrogen and oxygen atoms in total. The molecule has 1 aromatic rings.